The van der Waals surface area contributed by atoms with Crippen LogP contribution in [0.3, 0.4) is 0 Å². The van der Waals surface area contributed by atoms with E-state index in [1.807, 2.05) is 6.07 Å². The van der Waals surface area contributed by atoms with Crippen LogP contribution in [0.2, 0.25) is 0 Å². The molecule has 0 aliphatic carbocycles. The van der Waals surface area contributed by atoms with Crippen molar-refractivity contribution in [3.8, 4) is 39.9 Å². The second kappa shape index (κ2) is 10.2. The standard InChI is InChI=1S/C41H26N4/c1-2-10-27(11-3-1)29-18-21-31(22-19-29)39-42-40(33-23-20-28-12-4-5-14-32(28)26-33)44-41(43-39)45-37-17-9-8-16-35(37)36-25-24-30-13-6-7-15-34(30)38(36)45/h1-26H. The number of hydrogen-bond acceptors (Lipinski definition) is 3. The highest BCUT2D eigenvalue weighted by molar-refractivity contribution is 6.18. The summed E-state index contributed by atoms with van der Waals surface area (Å²) in [4.78, 5) is 15.5. The van der Waals surface area contributed by atoms with E-state index >= 15 is 0 Å². The highest BCUT2D eigenvalue weighted by Gasteiger charge is 2.19. The van der Waals surface area contributed by atoms with Crippen molar-refractivity contribution in [2.24, 2.45) is 0 Å². The topological polar surface area (TPSA) is 43.6 Å². The second-order valence-electron chi connectivity index (χ2n) is 11.3. The van der Waals surface area contributed by atoms with Gasteiger partial charge in [0.2, 0.25) is 5.95 Å². The van der Waals surface area contributed by atoms with Crippen LogP contribution in [0.4, 0.5) is 0 Å². The molecule has 0 N–H and O–H groups in total. The Balaban J connectivity index is 1.32. The van der Waals surface area contributed by atoms with Crippen LogP contribution in [0, 0.1) is 0 Å². The predicted molar refractivity (Wildman–Crippen MR) is 185 cm³/mol. The molecule has 0 amide bonds. The third kappa shape index (κ3) is 4.27. The lowest BCUT2D eigenvalue weighted by Crippen LogP contribution is -2.06. The van der Waals surface area contributed by atoms with Gasteiger partial charge in [-0.15, -0.1) is 0 Å². The smallest absolute Gasteiger partial charge is 0.238 e. The summed E-state index contributed by atoms with van der Waals surface area (Å²) in [5, 5.41) is 7.00. The Kier molecular flexibility index (Phi) is 5.78. The van der Waals surface area contributed by atoms with Gasteiger partial charge < -0.3 is 0 Å². The van der Waals surface area contributed by atoms with Gasteiger partial charge in [-0.25, -0.2) is 4.98 Å². The summed E-state index contributed by atoms with van der Waals surface area (Å²) in [6.45, 7) is 0. The molecule has 0 aliphatic rings. The monoisotopic (exact) mass is 574 g/mol. The molecule has 0 atom stereocenters. The summed E-state index contributed by atoms with van der Waals surface area (Å²) in [5.41, 5.74) is 6.36. The molecule has 4 heteroatoms. The van der Waals surface area contributed by atoms with E-state index in [2.05, 4.69) is 156 Å². The van der Waals surface area contributed by atoms with Crippen LogP contribution >= 0.6 is 0 Å². The van der Waals surface area contributed by atoms with Crippen molar-refractivity contribution >= 4 is 43.4 Å². The summed E-state index contributed by atoms with van der Waals surface area (Å²) < 4.78 is 2.21. The van der Waals surface area contributed by atoms with E-state index in [4.69, 9.17) is 15.0 Å². The van der Waals surface area contributed by atoms with Crippen LogP contribution < -0.4 is 0 Å². The zero-order chi connectivity index (χ0) is 29.7. The van der Waals surface area contributed by atoms with Gasteiger partial charge in [0.05, 0.1) is 11.0 Å². The normalized spacial score (nSPS) is 11.6. The van der Waals surface area contributed by atoms with Crippen molar-refractivity contribution in [3.63, 3.8) is 0 Å². The minimum absolute atomic E-state index is 0.595. The van der Waals surface area contributed by atoms with Crippen molar-refractivity contribution < 1.29 is 0 Å². The van der Waals surface area contributed by atoms with Crippen LogP contribution in [-0.4, -0.2) is 19.5 Å². The number of benzene rings is 7. The Hall–Kier alpha value is -6.13. The minimum atomic E-state index is 0.595. The first-order chi connectivity index (χ1) is 22.3. The first kappa shape index (κ1) is 25.4. The van der Waals surface area contributed by atoms with Crippen LogP contribution in [0.1, 0.15) is 0 Å². The van der Waals surface area contributed by atoms with Crippen LogP contribution in [0.5, 0.6) is 0 Å². The number of hydrogen-bond donors (Lipinski definition) is 0. The lowest BCUT2D eigenvalue weighted by molar-refractivity contribution is 0.955. The Labute approximate surface area is 259 Å². The third-order valence-electron chi connectivity index (χ3n) is 8.64. The molecule has 9 rings (SSSR count). The number of nitrogens with zero attached hydrogens (tertiary/aromatic N) is 4. The summed E-state index contributed by atoms with van der Waals surface area (Å²) in [7, 11) is 0. The Bertz CT molecular complexity index is 2530. The molecule has 4 nitrogen and oxygen atoms in total. The SMILES string of the molecule is c1ccc(-c2ccc(-c3nc(-c4ccc5ccccc5c4)nc(-n4c5ccccc5c5ccc6ccccc6c54)n3)cc2)cc1. The lowest BCUT2D eigenvalue weighted by atomic mass is 10.0. The van der Waals surface area contributed by atoms with Gasteiger partial charge in [0.1, 0.15) is 0 Å². The molecule has 0 unspecified atom stereocenters. The third-order valence-corrected chi connectivity index (χ3v) is 8.64. The number of para-hydroxylation sites is 1. The van der Waals surface area contributed by atoms with Gasteiger partial charge in [0.25, 0.3) is 0 Å². The largest absolute Gasteiger partial charge is 0.277 e. The van der Waals surface area contributed by atoms with E-state index in [-0.39, 0.29) is 0 Å². The molecule has 0 fully saturated rings. The molecule has 0 saturated heterocycles. The molecular formula is C41H26N4. The molecule has 7 aromatic carbocycles. The van der Waals surface area contributed by atoms with E-state index in [9.17, 15) is 0 Å². The fourth-order valence-corrected chi connectivity index (χ4v) is 6.43. The van der Waals surface area contributed by atoms with Crippen molar-refractivity contribution in [1.82, 2.24) is 19.5 Å². The molecule has 0 radical (unpaired) electrons. The van der Waals surface area contributed by atoms with Gasteiger partial charge in [-0.3, -0.25) is 4.57 Å². The van der Waals surface area contributed by atoms with Gasteiger partial charge in [-0.05, 0) is 39.4 Å². The average molecular weight is 575 g/mol. The lowest BCUT2D eigenvalue weighted by Gasteiger charge is -2.12. The highest BCUT2D eigenvalue weighted by atomic mass is 15.2. The maximum Gasteiger partial charge on any atom is 0.238 e. The van der Waals surface area contributed by atoms with E-state index in [0.717, 1.165) is 38.5 Å². The van der Waals surface area contributed by atoms with Gasteiger partial charge in [-0.1, -0.05) is 146 Å². The van der Waals surface area contributed by atoms with Crippen LogP contribution in [-0.2, 0) is 0 Å². The molecular weight excluding hydrogens is 548 g/mol. The molecule has 9 aromatic rings. The molecule has 2 aromatic heterocycles. The van der Waals surface area contributed by atoms with Gasteiger partial charge >= 0.3 is 0 Å². The molecule has 0 spiro atoms. The Morgan fingerprint density at radius 3 is 1.76 bits per heavy atom. The summed E-state index contributed by atoms with van der Waals surface area (Å²) >= 11 is 0. The first-order valence-electron chi connectivity index (χ1n) is 15.1. The second-order valence-corrected chi connectivity index (χ2v) is 11.3. The molecule has 45 heavy (non-hydrogen) atoms. The van der Waals surface area contributed by atoms with Crippen molar-refractivity contribution in [3.05, 3.63) is 158 Å². The Morgan fingerprint density at radius 2 is 0.933 bits per heavy atom. The van der Waals surface area contributed by atoms with E-state index in [1.54, 1.807) is 0 Å². The van der Waals surface area contributed by atoms with Gasteiger partial charge in [0, 0.05) is 27.3 Å². The zero-order valence-corrected chi connectivity index (χ0v) is 24.3. The molecule has 0 bridgehead atoms. The van der Waals surface area contributed by atoms with Crippen LogP contribution in [0.15, 0.2) is 158 Å². The quantitative estimate of drug-likeness (QED) is 0.210. The summed E-state index contributed by atoms with van der Waals surface area (Å²) in [6.07, 6.45) is 0. The fourth-order valence-electron chi connectivity index (χ4n) is 6.43. The number of rotatable bonds is 4. The van der Waals surface area contributed by atoms with E-state index in [1.165, 1.54) is 27.1 Å². The van der Waals surface area contributed by atoms with Crippen LogP contribution in [0.25, 0.3) is 83.2 Å². The van der Waals surface area contributed by atoms with Gasteiger partial charge in [-0.2, -0.15) is 9.97 Å². The highest BCUT2D eigenvalue weighted by Crippen LogP contribution is 2.36. The molecule has 0 aliphatic heterocycles. The van der Waals surface area contributed by atoms with E-state index < -0.39 is 0 Å². The molecule has 2 heterocycles. The van der Waals surface area contributed by atoms with E-state index in [0.29, 0.717) is 17.6 Å². The number of fused-ring (bicyclic) bond motifs is 6. The minimum Gasteiger partial charge on any atom is -0.277 e. The summed E-state index contributed by atoms with van der Waals surface area (Å²) in [6, 6.07) is 55.1. The zero-order valence-electron chi connectivity index (χ0n) is 24.3. The Morgan fingerprint density at radius 1 is 0.356 bits per heavy atom. The van der Waals surface area contributed by atoms with Gasteiger partial charge in [0.15, 0.2) is 11.6 Å². The average Bonchev–Trinajstić information content (AvgIpc) is 3.47. The predicted octanol–water partition coefficient (Wildman–Crippen LogP) is 10.3. The van der Waals surface area contributed by atoms with Crippen molar-refractivity contribution in [2.45, 2.75) is 0 Å². The summed E-state index contributed by atoms with van der Waals surface area (Å²) in [5.74, 6) is 1.87. The maximum absolute atomic E-state index is 5.19. The number of aromatic nitrogens is 4. The first-order valence-corrected chi connectivity index (χ1v) is 15.1. The van der Waals surface area contributed by atoms with Crippen molar-refractivity contribution in [2.75, 3.05) is 0 Å². The maximum atomic E-state index is 5.19. The molecule has 0 saturated carbocycles. The molecule has 210 valence electrons. The fraction of sp³-hybridized carbons (Fsp3) is 0. The van der Waals surface area contributed by atoms with Crippen molar-refractivity contribution in [1.29, 1.82) is 0 Å².